The quantitative estimate of drug-likeness (QED) is 0.509. The fraction of sp³-hybridized carbons (Fsp3) is 0.320. The summed E-state index contributed by atoms with van der Waals surface area (Å²) in [6.45, 7) is 6.49. The molecule has 1 fully saturated rings. The number of nitrogens with zero attached hydrogens (tertiary/aromatic N) is 3. The normalized spacial score (nSPS) is 14.9. The van der Waals surface area contributed by atoms with E-state index in [1.54, 1.807) is 13.8 Å². The molecule has 2 heterocycles. The monoisotopic (exact) mass is 481 g/mol. The number of carbonyl (C=O) groups excluding carboxylic acids is 1. The van der Waals surface area contributed by atoms with E-state index in [4.69, 9.17) is 4.98 Å². The first-order valence-corrected chi connectivity index (χ1v) is 12.4. The molecule has 0 saturated carbocycles. The van der Waals surface area contributed by atoms with Crippen molar-refractivity contribution < 1.29 is 14.7 Å². The molecule has 1 amide bonds. The van der Waals surface area contributed by atoms with E-state index in [-0.39, 0.29) is 5.91 Å². The Labute approximate surface area is 202 Å². The average molecular weight is 482 g/mol. The average Bonchev–Trinajstić information content (AvgIpc) is 3.25. The number of thioether (sulfide) groups is 1. The number of aliphatic carboxylic acids is 1. The van der Waals surface area contributed by atoms with Crippen LogP contribution in [0.3, 0.4) is 0 Å². The predicted molar refractivity (Wildman–Crippen MR) is 134 cm³/mol. The van der Waals surface area contributed by atoms with Gasteiger partial charge in [0, 0.05) is 36.6 Å². The van der Waals surface area contributed by atoms with E-state index < -0.39 is 10.7 Å². The summed E-state index contributed by atoms with van der Waals surface area (Å²) in [5, 5.41) is 10.2. The van der Waals surface area contributed by atoms with E-state index in [2.05, 4.69) is 11.9 Å². The number of thiazole rings is 1. The second-order valence-electron chi connectivity index (χ2n) is 8.60. The van der Waals surface area contributed by atoms with Crippen LogP contribution in [-0.2, 0) is 4.79 Å². The maximum atomic E-state index is 13.4. The molecule has 8 heteroatoms. The number of amides is 1. The molecule has 0 bridgehead atoms. The molecule has 0 atom stereocenters. The molecular weight excluding hydrogens is 454 g/mol. The van der Waals surface area contributed by atoms with Gasteiger partial charge in [-0.25, -0.2) is 4.98 Å². The zero-order valence-corrected chi connectivity index (χ0v) is 20.6. The molecule has 0 unspecified atom stereocenters. The van der Waals surface area contributed by atoms with Gasteiger partial charge in [-0.3, -0.25) is 9.59 Å². The first-order chi connectivity index (χ1) is 15.7. The van der Waals surface area contributed by atoms with Crippen molar-refractivity contribution in [1.82, 2.24) is 14.8 Å². The number of hydrogen-bond acceptors (Lipinski definition) is 6. The first-order valence-electron chi connectivity index (χ1n) is 10.8. The number of benzene rings is 2. The number of piperazine rings is 1. The van der Waals surface area contributed by atoms with Gasteiger partial charge in [0.1, 0.15) is 15.4 Å². The summed E-state index contributed by atoms with van der Waals surface area (Å²) in [5.74, 6) is -0.879. The number of carboxylic acid groups (broad SMARTS) is 1. The van der Waals surface area contributed by atoms with Crippen LogP contribution in [0, 0.1) is 0 Å². The van der Waals surface area contributed by atoms with Crippen molar-refractivity contribution in [3.05, 3.63) is 60.3 Å². The molecule has 1 saturated heterocycles. The van der Waals surface area contributed by atoms with Gasteiger partial charge in [-0.1, -0.05) is 42.5 Å². The van der Waals surface area contributed by atoms with Gasteiger partial charge in [-0.15, -0.1) is 23.1 Å². The number of hydrogen-bond donors (Lipinski definition) is 1. The largest absolute Gasteiger partial charge is 0.480 e. The Bertz CT molecular complexity index is 1140. The van der Waals surface area contributed by atoms with E-state index in [0.717, 1.165) is 39.0 Å². The Morgan fingerprint density at radius 3 is 2.21 bits per heavy atom. The zero-order chi connectivity index (χ0) is 23.6. The molecule has 0 radical (unpaired) electrons. The van der Waals surface area contributed by atoms with Crippen LogP contribution in [0.2, 0.25) is 0 Å². The predicted octanol–water partition coefficient (Wildman–Crippen LogP) is 4.82. The summed E-state index contributed by atoms with van der Waals surface area (Å²) in [4.78, 5) is 35.5. The first kappa shape index (κ1) is 23.5. The van der Waals surface area contributed by atoms with Gasteiger partial charge in [0.2, 0.25) is 0 Å². The minimum absolute atomic E-state index is 0.0279. The van der Waals surface area contributed by atoms with Gasteiger partial charge >= 0.3 is 5.97 Å². The van der Waals surface area contributed by atoms with Gasteiger partial charge in [-0.05, 0) is 38.6 Å². The smallest absolute Gasteiger partial charge is 0.319 e. The highest BCUT2D eigenvalue weighted by molar-refractivity contribution is 8.01. The fourth-order valence-corrected chi connectivity index (χ4v) is 5.55. The van der Waals surface area contributed by atoms with Crippen molar-refractivity contribution in [2.45, 2.75) is 23.5 Å². The van der Waals surface area contributed by atoms with Gasteiger partial charge in [-0.2, -0.15) is 0 Å². The molecule has 1 aliphatic heterocycles. The molecule has 0 spiro atoms. The Morgan fingerprint density at radius 1 is 0.970 bits per heavy atom. The lowest BCUT2D eigenvalue weighted by atomic mass is 10.1. The summed E-state index contributed by atoms with van der Waals surface area (Å²) in [6, 6.07) is 17.6. The Morgan fingerprint density at radius 2 is 1.61 bits per heavy atom. The van der Waals surface area contributed by atoms with Crippen molar-refractivity contribution in [2.24, 2.45) is 0 Å². The van der Waals surface area contributed by atoms with E-state index in [9.17, 15) is 14.7 Å². The van der Waals surface area contributed by atoms with Crippen LogP contribution in [0.4, 0.5) is 0 Å². The molecule has 6 nitrogen and oxygen atoms in total. The SMILES string of the molecule is CN1CCN(C(=O)c2nc(-c3ccc(SC(C)(C)C(=O)O)cc3)sc2-c2ccccc2)CC1. The minimum atomic E-state index is -0.911. The lowest BCUT2D eigenvalue weighted by Gasteiger charge is -2.32. The Balaban J connectivity index is 1.65. The van der Waals surface area contributed by atoms with Crippen LogP contribution in [0.5, 0.6) is 0 Å². The van der Waals surface area contributed by atoms with Crippen LogP contribution in [0.25, 0.3) is 21.0 Å². The highest BCUT2D eigenvalue weighted by atomic mass is 32.2. The van der Waals surface area contributed by atoms with Crippen LogP contribution in [-0.4, -0.2) is 69.7 Å². The van der Waals surface area contributed by atoms with Crippen LogP contribution in [0.15, 0.2) is 59.5 Å². The fourth-order valence-electron chi connectivity index (χ4n) is 3.54. The van der Waals surface area contributed by atoms with Crippen LogP contribution in [0.1, 0.15) is 24.3 Å². The number of likely N-dealkylation sites (N-methyl/N-ethyl adjacent to an activating group) is 1. The Kier molecular flexibility index (Phi) is 6.88. The van der Waals surface area contributed by atoms with E-state index in [1.807, 2.05) is 59.5 Å². The lowest BCUT2D eigenvalue weighted by Crippen LogP contribution is -2.47. The van der Waals surface area contributed by atoms with E-state index >= 15 is 0 Å². The highest BCUT2D eigenvalue weighted by Crippen LogP contribution is 2.38. The third kappa shape index (κ3) is 5.29. The van der Waals surface area contributed by atoms with Gasteiger partial charge in [0.25, 0.3) is 5.91 Å². The minimum Gasteiger partial charge on any atom is -0.480 e. The van der Waals surface area contributed by atoms with Gasteiger partial charge < -0.3 is 14.9 Å². The molecule has 2 aromatic carbocycles. The summed E-state index contributed by atoms with van der Waals surface area (Å²) < 4.78 is -0.911. The third-order valence-corrected chi connectivity index (χ3v) is 7.99. The molecular formula is C25H27N3O3S2. The van der Waals surface area contributed by atoms with Crippen molar-refractivity contribution in [3.63, 3.8) is 0 Å². The van der Waals surface area contributed by atoms with Crippen LogP contribution >= 0.6 is 23.1 Å². The second-order valence-corrected chi connectivity index (χ2v) is 11.3. The molecule has 3 aromatic rings. The summed E-state index contributed by atoms with van der Waals surface area (Å²) in [5.41, 5.74) is 2.39. The molecule has 33 heavy (non-hydrogen) atoms. The second kappa shape index (κ2) is 9.67. The zero-order valence-electron chi connectivity index (χ0n) is 18.9. The Hall–Kier alpha value is -2.68. The van der Waals surface area contributed by atoms with E-state index in [0.29, 0.717) is 18.8 Å². The van der Waals surface area contributed by atoms with Crippen molar-refractivity contribution in [1.29, 1.82) is 0 Å². The topological polar surface area (TPSA) is 73.7 Å². The van der Waals surface area contributed by atoms with Gasteiger partial charge in [0.05, 0.1) is 4.88 Å². The number of carboxylic acids is 1. The number of aromatic nitrogens is 1. The molecule has 4 rings (SSSR count). The van der Waals surface area contributed by atoms with E-state index in [1.165, 1.54) is 23.1 Å². The summed E-state index contributed by atoms with van der Waals surface area (Å²) >= 11 is 2.82. The maximum Gasteiger partial charge on any atom is 0.319 e. The highest BCUT2D eigenvalue weighted by Gasteiger charge is 2.29. The standard InChI is InChI=1S/C25H27N3O3S2/c1-25(2,24(30)31)33-19-11-9-18(10-12-19)22-26-20(21(32-22)17-7-5-4-6-8-17)23(29)28-15-13-27(3)14-16-28/h4-12H,13-16H2,1-3H3,(H,30,31). The van der Waals surface area contributed by atoms with Crippen molar-refractivity contribution >= 4 is 35.0 Å². The summed E-state index contributed by atoms with van der Waals surface area (Å²) in [6.07, 6.45) is 0. The third-order valence-electron chi connectivity index (χ3n) is 5.65. The van der Waals surface area contributed by atoms with Crippen molar-refractivity contribution in [2.75, 3.05) is 33.2 Å². The number of rotatable bonds is 6. The number of carbonyl (C=O) groups is 2. The van der Waals surface area contributed by atoms with Crippen molar-refractivity contribution in [3.8, 4) is 21.0 Å². The molecule has 0 aliphatic carbocycles. The molecule has 1 N–H and O–H groups in total. The molecule has 172 valence electrons. The van der Waals surface area contributed by atoms with Crippen LogP contribution < -0.4 is 0 Å². The van der Waals surface area contributed by atoms with Gasteiger partial charge in [0.15, 0.2) is 0 Å². The molecule has 1 aromatic heterocycles. The molecule has 1 aliphatic rings. The lowest BCUT2D eigenvalue weighted by molar-refractivity contribution is -0.138. The maximum absolute atomic E-state index is 13.4. The summed E-state index contributed by atoms with van der Waals surface area (Å²) in [7, 11) is 2.07.